The SMILES string of the molecule is Cc1cc(Nc2nc(N[C@H]3CCCNC3)cnc2C(N)=O)sn1. The van der Waals surface area contributed by atoms with Gasteiger partial charge >= 0.3 is 0 Å². The van der Waals surface area contributed by atoms with Gasteiger partial charge in [0.2, 0.25) is 0 Å². The van der Waals surface area contributed by atoms with Crippen LogP contribution in [0.3, 0.4) is 0 Å². The summed E-state index contributed by atoms with van der Waals surface area (Å²) in [5.41, 5.74) is 6.39. The normalized spacial score (nSPS) is 17.7. The molecule has 2 aromatic heterocycles. The van der Waals surface area contributed by atoms with Crippen LogP contribution in [0.4, 0.5) is 16.6 Å². The van der Waals surface area contributed by atoms with E-state index in [1.165, 1.54) is 17.7 Å². The third-order valence-electron chi connectivity index (χ3n) is 3.52. The molecule has 0 aromatic carbocycles. The molecule has 0 bridgehead atoms. The zero-order valence-electron chi connectivity index (χ0n) is 12.8. The lowest BCUT2D eigenvalue weighted by molar-refractivity contribution is 0.0996. The molecular formula is C14H19N7OS. The van der Waals surface area contributed by atoms with Gasteiger partial charge in [0.25, 0.3) is 5.91 Å². The van der Waals surface area contributed by atoms with Gasteiger partial charge in [-0.05, 0) is 43.9 Å². The Labute approximate surface area is 138 Å². The van der Waals surface area contributed by atoms with E-state index in [0.717, 1.165) is 36.6 Å². The maximum Gasteiger partial charge on any atom is 0.271 e. The van der Waals surface area contributed by atoms with E-state index in [1.807, 2.05) is 13.0 Å². The number of aromatic nitrogens is 3. The first kappa shape index (κ1) is 15.6. The first-order valence-corrected chi connectivity index (χ1v) is 8.23. The molecule has 122 valence electrons. The highest BCUT2D eigenvalue weighted by atomic mass is 32.1. The highest BCUT2D eigenvalue weighted by molar-refractivity contribution is 7.10. The van der Waals surface area contributed by atoms with Crippen molar-refractivity contribution in [1.82, 2.24) is 19.7 Å². The largest absolute Gasteiger partial charge is 0.365 e. The van der Waals surface area contributed by atoms with Crippen molar-refractivity contribution >= 4 is 34.1 Å². The van der Waals surface area contributed by atoms with Gasteiger partial charge in [0, 0.05) is 12.6 Å². The van der Waals surface area contributed by atoms with Crippen LogP contribution in [-0.4, -0.2) is 39.4 Å². The van der Waals surface area contributed by atoms with Gasteiger partial charge in [-0.15, -0.1) is 0 Å². The van der Waals surface area contributed by atoms with Crippen molar-refractivity contribution in [2.75, 3.05) is 23.7 Å². The van der Waals surface area contributed by atoms with E-state index in [2.05, 4.69) is 30.3 Å². The number of rotatable bonds is 5. The number of carbonyl (C=O) groups is 1. The van der Waals surface area contributed by atoms with E-state index in [4.69, 9.17) is 5.73 Å². The van der Waals surface area contributed by atoms with Crippen molar-refractivity contribution in [3.05, 3.63) is 23.7 Å². The Morgan fingerprint density at radius 1 is 1.52 bits per heavy atom. The van der Waals surface area contributed by atoms with E-state index in [0.29, 0.717) is 17.7 Å². The van der Waals surface area contributed by atoms with E-state index < -0.39 is 5.91 Å². The molecule has 0 aliphatic carbocycles. The Balaban J connectivity index is 1.82. The topological polar surface area (TPSA) is 118 Å². The lowest BCUT2D eigenvalue weighted by atomic mass is 10.1. The minimum Gasteiger partial charge on any atom is -0.365 e. The summed E-state index contributed by atoms with van der Waals surface area (Å²) in [4.78, 5) is 20.2. The molecule has 9 heteroatoms. The summed E-state index contributed by atoms with van der Waals surface area (Å²) in [5.74, 6) is 0.342. The van der Waals surface area contributed by atoms with Crippen LogP contribution in [0.15, 0.2) is 12.3 Å². The highest BCUT2D eigenvalue weighted by Gasteiger charge is 2.17. The number of amides is 1. The van der Waals surface area contributed by atoms with Gasteiger partial charge in [0.05, 0.1) is 11.9 Å². The molecule has 0 spiro atoms. The Morgan fingerprint density at radius 3 is 3.04 bits per heavy atom. The molecule has 0 radical (unpaired) electrons. The first-order valence-electron chi connectivity index (χ1n) is 7.46. The van der Waals surface area contributed by atoms with Crippen molar-refractivity contribution in [3.8, 4) is 0 Å². The van der Waals surface area contributed by atoms with Crippen LogP contribution in [0.25, 0.3) is 0 Å². The highest BCUT2D eigenvalue weighted by Crippen LogP contribution is 2.23. The quantitative estimate of drug-likeness (QED) is 0.650. The van der Waals surface area contributed by atoms with Crippen molar-refractivity contribution in [2.24, 2.45) is 5.73 Å². The summed E-state index contributed by atoms with van der Waals surface area (Å²) in [6.07, 6.45) is 3.73. The summed E-state index contributed by atoms with van der Waals surface area (Å²) in [6, 6.07) is 2.18. The summed E-state index contributed by atoms with van der Waals surface area (Å²) < 4.78 is 4.19. The van der Waals surface area contributed by atoms with E-state index >= 15 is 0 Å². The number of hydrogen-bond acceptors (Lipinski definition) is 8. The minimum absolute atomic E-state index is 0.114. The molecule has 0 unspecified atom stereocenters. The summed E-state index contributed by atoms with van der Waals surface area (Å²) in [6.45, 7) is 3.83. The number of hydrogen-bond donors (Lipinski definition) is 4. The van der Waals surface area contributed by atoms with Crippen molar-refractivity contribution in [2.45, 2.75) is 25.8 Å². The maximum absolute atomic E-state index is 11.6. The van der Waals surface area contributed by atoms with Crippen LogP contribution in [0, 0.1) is 6.92 Å². The van der Waals surface area contributed by atoms with E-state index in [-0.39, 0.29) is 5.69 Å². The average Bonchev–Trinajstić information content (AvgIpc) is 2.93. The molecule has 8 nitrogen and oxygen atoms in total. The van der Waals surface area contributed by atoms with Gasteiger partial charge in [-0.2, -0.15) is 4.37 Å². The number of carbonyl (C=O) groups excluding carboxylic acids is 1. The molecule has 0 saturated carbocycles. The molecule has 23 heavy (non-hydrogen) atoms. The molecule has 5 N–H and O–H groups in total. The van der Waals surface area contributed by atoms with Crippen LogP contribution in [0.2, 0.25) is 0 Å². The smallest absolute Gasteiger partial charge is 0.271 e. The number of primary amides is 1. The Bertz CT molecular complexity index is 696. The van der Waals surface area contributed by atoms with Crippen molar-refractivity contribution in [3.63, 3.8) is 0 Å². The molecule has 3 rings (SSSR count). The lowest BCUT2D eigenvalue weighted by Crippen LogP contribution is -2.38. The fourth-order valence-electron chi connectivity index (χ4n) is 2.45. The van der Waals surface area contributed by atoms with Gasteiger partial charge in [-0.3, -0.25) is 4.79 Å². The van der Waals surface area contributed by atoms with Crippen LogP contribution >= 0.6 is 11.5 Å². The monoisotopic (exact) mass is 333 g/mol. The number of nitrogens with zero attached hydrogens (tertiary/aromatic N) is 3. The standard InChI is InChI=1S/C14H19N7OS/c1-8-5-11(23-21-8)20-14-12(13(15)22)17-7-10(19-14)18-9-3-2-4-16-6-9/h5,7,9,16H,2-4,6H2,1H3,(H2,15,22)(H2,18,19,20)/t9-/m0/s1. The summed E-state index contributed by atoms with van der Waals surface area (Å²) in [7, 11) is 0. The van der Waals surface area contributed by atoms with Gasteiger partial charge < -0.3 is 21.7 Å². The van der Waals surface area contributed by atoms with Gasteiger partial charge in [0.15, 0.2) is 11.5 Å². The fourth-order valence-corrected chi connectivity index (χ4v) is 3.11. The zero-order valence-corrected chi connectivity index (χ0v) is 13.6. The first-order chi connectivity index (χ1) is 11.1. The number of piperidine rings is 1. The molecule has 3 heterocycles. The second-order valence-corrected chi connectivity index (χ2v) is 6.27. The van der Waals surface area contributed by atoms with Crippen molar-refractivity contribution < 1.29 is 4.79 Å². The second-order valence-electron chi connectivity index (χ2n) is 5.46. The lowest BCUT2D eigenvalue weighted by Gasteiger charge is -2.24. The number of anilines is 3. The van der Waals surface area contributed by atoms with E-state index in [1.54, 1.807) is 0 Å². The predicted molar refractivity (Wildman–Crippen MR) is 90.2 cm³/mol. The Hall–Kier alpha value is -2.26. The predicted octanol–water partition coefficient (Wildman–Crippen LogP) is 1.25. The number of nitrogens with two attached hydrogens (primary N) is 1. The van der Waals surface area contributed by atoms with Crippen LogP contribution in [0.5, 0.6) is 0 Å². The van der Waals surface area contributed by atoms with Crippen LogP contribution < -0.4 is 21.7 Å². The molecule has 1 aliphatic rings. The Morgan fingerprint density at radius 2 is 2.39 bits per heavy atom. The van der Waals surface area contributed by atoms with Crippen LogP contribution in [0.1, 0.15) is 29.0 Å². The molecular weight excluding hydrogens is 314 g/mol. The van der Waals surface area contributed by atoms with E-state index in [9.17, 15) is 4.79 Å². The third kappa shape index (κ3) is 3.93. The number of aryl methyl sites for hydroxylation is 1. The molecule has 1 saturated heterocycles. The second kappa shape index (κ2) is 6.88. The van der Waals surface area contributed by atoms with Gasteiger partial charge in [-0.25, -0.2) is 9.97 Å². The van der Waals surface area contributed by atoms with Crippen LogP contribution in [-0.2, 0) is 0 Å². The summed E-state index contributed by atoms with van der Waals surface area (Å²) >= 11 is 1.29. The third-order valence-corrected chi connectivity index (χ3v) is 4.32. The average molecular weight is 333 g/mol. The fraction of sp³-hybridized carbons (Fsp3) is 0.429. The molecule has 1 amide bonds. The molecule has 1 aliphatic heterocycles. The molecule has 1 fully saturated rings. The summed E-state index contributed by atoms with van der Waals surface area (Å²) in [5, 5.41) is 10.5. The zero-order chi connectivity index (χ0) is 16.2. The maximum atomic E-state index is 11.6. The van der Waals surface area contributed by atoms with Gasteiger partial charge in [-0.1, -0.05) is 0 Å². The Kier molecular flexibility index (Phi) is 4.68. The minimum atomic E-state index is -0.618. The van der Waals surface area contributed by atoms with Gasteiger partial charge in [0.1, 0.15) is 10.8 Å². The molecule has 1 atom stereocenters. The number of nitrogens with one attached hydrogen (secondary N) is 3. The molecule has 2 aromatic rings. The van der Waals surface area contributed by atoms with Crippen molar-refractivity contribution in [1.29, 1.82) is 0 Å².